The summed E-state index contributed by atoms with van der Waals surface area (Å²) in [5, 5.41) is 11.2. The standard InChI is InChI=1S/C14H19NO3/c1-18-8-7-11-9-13(14(10-11)15(16)17)12-5-3-2-4-6-12/h2-6,11,13-14H,7-10H2,1H3/t11-,13-,14+/m0/s1. The van der Waals surface area contributed by atoms with E-state index in [9.17, 15) is 10.1 Å². The zero-order chi connectivity index (χ0) is 13.0. The molecule has 0 heterocycles. The fourth-order valence-corrected chi connectivity index (χ4v) is 2.93. The Morgan fingerprint density at radius 1 is 1.33 bits per heavy atom. The summed E-state index contributed by atoms with van der Waals surface area (Å²) < 4.78 is 5.07. The Morgan fingerprint density at radius 3 is 2.67 bits per heavy atom. The van der Waals surface area contributed by atoms with Gasteiger partial charge < -0.3 is 4.74 Å². The van der Waals surface area contributed by atoms with Crippen LogP contribution in [0.15, 0.2) is 30.3 Å². The van der Waals surface area contributed by atoms with Crippen molar-refractivity contribution in [1.29, 1.82) is 0 Å². The fraction of sp³-hybridized carbons (Fsp3) is 0.571. The highest BCUT2D eigenvalue weighted by Crippen LogP contribution is 2.41. The van der Waals surface area contributed by atoms with Gasteiger partial charge in [0.15, 0.2) is 0 Å². The van der Waals surface area contributed by atoms with Crippen LogP contribution in [0.5, 0.6) is 0 Å². The summed E-state index contributed by atoms with van der Waals surface area (Å²) in [5.74, 6) is 0.466. The Hall–Kier alpha value is -1.42. The molecule has 0 aromatic heterocycles. The van der Waals surface area contributed by atoms with E-state index in [0.717, 1.165) is 18.4 Å². The molecule has 1 aromatic rings. The molecule has 0 aliphatic heterocycles. The largest absolute Gasteiger partial charge is 0.385 e. The van der Waals surface area contributed by atoms with E-state index in [4.69, 9.17) is 4.74 Å². The van der Waals surface area contributed by atoms with Crippen molar-refractivity contribution in [2.45, 2.75) is 31.2 Å². The van der Waals surface area contributed by atoms with Crippen LogP contribution in [-0.4, -0.2) is 24.7 Å². The first-order valence-electron chi connectivity index (χ1n) is 6.39. The second kappa shape index (κ2) is 5.96. The SMILES string of the molecule is COCC[C@@H]1C[C@@H]([N+](=O)[O-])[C@H](c2ccccc2)C1. The molecule has 1 aliphatic carbocycles. The molecule has 0 radical (unpaired) electrons. The van der Waals surface area contributed by atoms with E-state index >= 15 is 0 Å². The Balaban J connectivity index is 2.10. The minimum absolute atomic E-state index is 0.0584. The lowest BCUT2D eigenvalue weighted by Crippen LogP contribution is -2.22. The zero-order valence-electron chi connectivity index (χ0n) is 10.6. The van der Waals surface area contributed by atoms with Crippen molar-refractivity contribution in [3.63, 3.8) is 0 Å². The van der Waals surface area contributed by atoms with Crippen LogP contribution in [0.25, 0.3) is 0 Å². The smallest absolute Gasteiger partial charge is 0.220 e. The molecular weight excluding hydrogens is 230 g/mol. The first kappa shape index (κ1) is 13.0. The molecule has 4 heteroatoms. The first-order chi connectivity index (χ1) is 8.72. The summed E-state index contributed by atoms with van der Waals surface area (Å²) in [6.07, 6.45) is 2.50. The predicted octanol–water partition coefficient (Wildman–Crippen LogP) is 2.86. The molecular formula is C14H19NO3. The third-order valence-corrected chi connectivity index (χ3v) is 3.86. The molecule has 1 aromatic carbocycles. The molecule has 3 atom stereocenters. The highest BCUT2D eigenvalue weighted by atomic mass is 16.6. The summed E-state index contributed by atoms with van der Waals surface area (Å²) >= 11 is 0. The van der Waals surface area contributed by atoms with Gasteiger partial charge in [-0.15, -0.1) is 0 Å². The second-order valence-electron chi connectivity index (χ2n) is 4.99. The zero-order valence-corrected chi connectivity index (χ0v) is 10.6. The second-order valence-corrected chi connectivity index (χ2v) is 4.99. The fourth-order valence-electron chi connectivity index (χ4n) is 2.93. The van der Waals surface area contributed by atoms with Crippen LogP contribution in [-0.2, 0) is 4.74 Å². The van der Waals surface area contributed by atoms with Crippen LogP contribution < -0.4 is 0 Å². The number of ether oxygens (including phenoxy) is 1. The molecule has 2 rings (SSSR count). The van der Waals surface area contributed by atoms with Crippen LogP contribution in [0.4, 0.5) is 0 Å². The van der Waals surface area contributed by atoms with Crippen LogP contribution in [0, 0.1) is 16.0 Å². The van der Waals surface area contributed by atoms with Gasteiger partial charge in [0.1, 0.15) is 0 Å². The minimum Gasteiger partial charge on any atom is -0.385 e. The molecule has 4 nitrogen and oxygen atoms in total. The molecule has 1 aliphatic rings. The summed E-state index contributed by atoms with van der Waals surface area (Å²) in [7, 11) is 1.68. The Kier molecular flexibility index (Phi) is 4.31. The van der Waals surface area contributed by atoms with Gasteiger partial charge in [0.05, 0.1) is 5.92 Å². The van der Waals surface area contributed by atoms with Crippen molar-refractivity contribution >= 4 is 0 Å². The third-order valence-electron chi connectivity index (χ3n) is 3.86. The van der Waals surface area contributed by atoms with E-state index in [2.05, 4.69) is 0 Å². The van der Waals surface area contributed by atoms with Crippen LogP contribution in [0.1, 0.15) is 30.7 Å². The van der Waals surface area contributed by atoms with Crippen molar-refractivity contribution in [2.24, 2.45) is 5.92 Å². The highest BCUT2D eigenvalue weighted by molar-refractivity contribution is 5.22. The number of nitrogens with zero attached hydrogens (tertiary/aromatic N) is 1. The summed E-state index contributed by atoms with van der Waals surface area (Å²) in [5.41, 5.74) is 1.10. The van der Waals surface area contributed by atoms with Crippen molar-refractivity contribution in [2.75, 3.05) is 13.7 Å². The Bertz CT molecular complexity index is 393. The Labute approximate surface area is 107 Å². The lowest BCUT2D eigenvalue weighted by Gasteiger charge is -2.12. The van der Waals surface area contributed by atoms with Crippen molar-refractivity contribution in [3.05, 3.63) is 46.0 Å². The summed E-state index contributed by atoms with van der Waals surface area (Å²) in [6, 6.07) is 9.42. The molecule has 18 heavy (non-hydrogen) atoms. The number of hydrogen-bond donors (Lipinski definition) is 0. The van der Waals surface area contributed by atoms with Gasteiger partial charge >= 0.3 is 0 Å². The molecule has 0 spiro atoms. The van der Waals surface area contributed by atoms with Gasteiger partial charge in [-0.25, -0.2) is 0 Å². The monoisotopic (exact) mass is 249 g/mol. The third kappa shape index (κ3) is 2.88. The van der Waals surface area contributed by atoms with Gasteiger partial charge in [-0.3, -0.25) is 10.1 Å². The molecule has 0 saturated heterocycles. The van der Waals surface area contributed by atoms with Gasteiger partial charge in [0.25, 0.3) is 0 Å². The van der Waals surface area contributed by atoms with E-state index in [1.807, 2.05) is 30.3 Å². The van der Waals surface area contributed by atoms with Crippen molar-refractivity contribution in [3.8, 4) is 0 Å². The summed E-state index contributed by atoms with van der Waals surface area (Å²) in [6.45, 7) is 0.691. The maximum absolute atomic E-state index is 11.2. The average Bonchev–Trinajstić information content (AvgIpc) is 2.82. The maximum atomic E-state index is 11.2. The van der Waals surface area contributed by atoms with Crippen LogP contribution in [0.3, 0.4) is 0 Å². The maximum Gasteiger partial charge on any atom is 0.220 e. The normalized spacial score (nSPS) is 27.3. The highest BCUT2D eigenvalue weighted by Gasteiger charge is 2.42. The Morgan fingerprint density at radius 2 is 2.06 bits per heavy atom. The van der Waals surface area contributed by atoms with Gasteiger partial charge in [0, 0.05) is 25.1 Å². The van der Waals surface area contributed by atoms with Crippen molar-refractivity contribution in [1.82, 2.24) is 0 Å². The van der Waals surface area contributed by atoms with E-state index in [-0.39, 0.29) is 10.8 Å². The van der Waals surface area contributed by atoms with Crippen LogP contribution >= 0.6 is 0 Å². The van der Waals surface area contributed by atoms with Gasteiger partial charge in [-0.1, -0.05) is 30.3 Å². The van der Waals surface area contributed by atoms with Gasteiger partial charge in [-0.2, -0.15) is 0 Å². The number of hydrogen-bond acceptors (Lipinski definition) is 3. The van der Waals surface area contributed by atoms with E-state index < -0.39 is 6.04 Å². The number of rotatable bonds is 5. The molecule has 1 fully saturated rings. The topological polar surface area (TPSA) is 52.4 Å². The molecule has 0 N–H and O–H groups in total. The average molecular weight is 249 g/mol. The molecule has 98 valence electrons. The number of benzene rings is 1. The van der Waals surface area contributed by atoms with E-state index in [1.165, 1.54) is 0 Å². The molecule has 0 bridgehead atoms. The van der Waals surface area contributed by atoms with Crippen molar-refractivity contribution < 1.29 is 9.66 Å². The van der Waals surface area contributed by atoms with Gasteiger partial charge in [-0.05, 0) is 24.3 Å². The van der Waals surface area contributed by atoms with E-state index in [0.29, 0.717) is 18.9 Å². The summed E-state index contributed by atoms with van der Waals surface area (Å²) in [4.78, 5) is 11.1. The van der Waals surface area contributed by atoms with E-state index in [1.54, 1.807) is 7.11 Å². The minimum atomic E-state index is -0.436. The lowest BCUT2D eigenvalue weighted by molar-refractivity contribution is -0.524. The molecule has 1 saturated carbocycles. The van der Waals surface area contributed by atoms with Gasteiger partial charge in [0.2, 0.25) is 6.04 Å². The quantitative estimate of drug-likeness (QED) is 0.595. The number of methoxy groups -OCH3 is 1. The van der Waals surface area contributed by atoms with Crippen LogP contribution in [0.2, 0.25) is 0 Å². The predicted molar refractivity (Wildman–Crippen MR) is 69.2 cm³/mol. The first-order valence-corrected chi connectivity index (χ1v) is 6.39. The molecule has 0 unspecified atom stereocenters. The molecule has 0 amide bonds. The lowest BCUT2D eigenvalue weighted by atomic mass is 9.93. The number of nitro groups is 1.